The molecule has 2 aliphatic carbocycles. The van der Waals surface area contributed by atoms with Crippen LogP contribution in [-0.4, -0.2) is 89.4 Å². The number of nitrogens with one attached hydrogen (secondary N) is 1. The van der Waals surface area contributed by atoms with E-state index in [0.29, 0.717) is 17.4 Å². The number of amides is 2. The third-order valence-electron chi connectivity index (χ3n) is 10.0. The van der Waals surface area contributed by atoms with Gasteiger partial charge in [-0.15, -0.1) is 0 Å². The fourth-order valence-corrected chi connectivity index (χ4v) is 7.04. The zero-order chi connectivity index (χ0) is 30.5. The maximum Gasteiger partial charge on any atom is 0.410 e. The van der Waals surface area contributed by atoms with E-state index in [2.05, 4.69) is 20.1 Å². The van der Waals surface area contributed by atoms with Crippen molar-refractivity contribution in [1.29, 1.82) is 0 Å². The van der Waals surface area contributed by atoms with Gasteiger partial charge in [0.15, 0.2) is 5.82 Å². The summed E-state index contributed by atoms with van der Waals surface area (Å²) in [4.78, 5) is 47.3. The van der Waals surface area contributed by atoms with E-state index < -0.39 is 11.0 Å². The van der Waals surface area contributed by atoms with Gasteiger partial charge in [-0.25, -0.2) is 9.78 Å². The molecule has 2 amide bonds. The number of anilines is 3. The maximum absolute atomic E-state index is 13.6. The highest BCUT2D eigenvalue weighted by molar-refractivity contribution is 5.99. The summed E-state index contributed by atoms with van der Waals surface area (Å²) in [5.74, 6) is 3.21. The van der Waals surface area contributed by atoms with Crippen LogP contribution in [0.4, 0.5) is 22.1 Å². The molecule has 0 bridgehead atoms. The maximum atomic E-state index is 13.6. The fourth-order valence-electron chi connectivity index (χ4n) is 7.04. The summed E-state index contributed by atoms with van der Waals surface area (Å²) in [6.45, 7) is 10.7. The van der Waals surface area contributed by atoms with Crippen molar-refractivity contribution >= 4 is 29.3 Å². The third-order valence-corrected chi connectivity index (χ3v) is 10.0. The van der Waals surface area contributed by atoms with Gasteiger partial charge in [0, 0.05) is 32.7 Å². The molecule has 0 radical (unpaired) electrons. The second-order valence-corrected chi connectivity index (χ2v) is 14.5. The van der Waals surface area contributed by atoms with Gasteiger partial charge < -0.3 is 29.5 Å². The molecule has 7 rings (SSSR count). The lowest BCUT2D eigenvalue weighted by Gasteiger charge is -2.43. The number of nitrogens with zero attached hydrogens (tertiary/aromatic N) is 6. The highest BCUT2D eigenvalue weighted by atomic mass is 16.6. The van der Waals surface area contributed by atoms with E-state index in [1.54, 1.807) is 12.4 Å². The van der Waals surface area contributed by atoms with Crippen molar-refractivity contribution in [3.05, 3.63) is 36.4 Å². The minimum Gasteiger partial charge on any atom is -0.444 e. The molecule has 3 atom stereocenters. The van der Waals surface area contributed by atoms with Gasteiger partial charge in [0.25, 0.3) is 0 Å². The predicted octanol–water partition coefficient (Wildman–Crippen LogP) is 4.24. The molecule has 5 heterocycles. The van der Waals surface area contributed by atoms with Crippen molar-refractivity contribution in [3.8, 4) is 0 Å². The molecule has 5 fully saturated rings. The van der Waals surface area contributed by atoms with Crippen LogP contribution in [0.1, 0.15) is 65.0 Å². The number of aromatic nitrogens is 3. The van der Waals surface area contributed by atoms with E-state index in [0.717, 1.165) is 68.9 Å². The Hall–Kier alpha value is -3.47. The van der Waals surface area contributed by atoms with Crippen LogP contribution in [0, 0.1) is 17.8 Å². The molecule has 3 saturated heterocycles. The van der Waals surface area contributed by atoms with Gasteiger partial charge in [-0.05, 0) is 82.8 Å². The van der Waals surface area contributed by atoms with E-state index in [9.17, 15) is 9.59 Å². The monoisotopic (exact) mass is 603 g/mol. The van der Waals surface area contributed by atoms with Crippen LogP contribution in [0.25, 0.3) is 0 Å². The van der Waals surface area contributed by atoms with Gasteiger partial charge >= 0.3 is 6.09 Å². The molecule has 236 valence electrons. The number of piperidine rings is 2. The first-order chi connectivity index (χ1) is 21.2. The first-order valence-corrected chi connectivity index (χ1v) is 16.3. The molecule has 3 aliphatic heterocycles. The number of pyridine rings is 1. The number of rotatable bonds is 8. The summed E-state index contributed by atoms with van der Waals surface area (Å²) < 4.78 is 11.4. The van der Waals surface area contributed by atoms with E-state index in [-0.39, 0.29) is 31.3 Å². The van der Waals surface area contributed by atoms with Crippen LogP contribution < -0.4 is 15.1 Å². The molecule has 1 N–H and O–H groups in total. The summed E-state index contributed by atoms with van der Waals surface area (Å²) in [5.41, 5.74) is 0.277. The minimum atomic E-state index is -0.869. The Morgan fingerprint density at radius 1 is 1.05 bits per heavy atom. The van der Waals surface area contributed by atoms with Crippen molar-refractivity contribution < 1.29 is 19.1 Å². The molecule has 11 nitrogen and oxygen atoms in total. The van der Waals surface area contributed by atoms with E-state index in [1.807, 2.05) is 44.0 Å². The Kier molecular flexibility index (Phi) is 7.63. The van der Waals surface area contributed by atoms with Gasteiger partial charge in [0.2, 0.25) is 5.91 Å². The van der Waals surface area contributed by atoms with Crippen molar-refractivity contribution in [3.63, 3.8) is 0 Å². The highest BCUT2D eigenvalue weighted by Crippen LogP contribution is 2.46. The quantitative estimate of drug-likeness (QED) is 0.473. The van der Waals surface area contributed by atoms with Crippen LogP contribution in [-0.2, 0) is 19.7 Å². The lowest BCUT2D eigenvalue weighted by Crippen LogP contribution is -2.56. The summed E-state index contributed by atoms with van der Waals surface area (Å²) in [7, 11) is 0. The summed E-state index contributed by atoms with van der Waals surface area (Å²) in [5, 5.41) is 3.00. The smallest absolute Gasteiger partial charge is 0.410 e. The third kappa shape index (κ3) is 5.95. The predicted molar refractivity (Wildman–Crippen MR) is 167 cm³/mol. The topological polar surface area (TPSA) is 113 Å². The van der Waals surface area contributed by atoms with Crippen molar-refractivity contribution in [2.75, 3.05) is 61.1 Å². The number of hydrogen-bond acceptors (Lipinski definition) is 9. The second kappa shape index (κ2) is 11.5. The number of carbonyl (C=O) groups is 2. The van der Waals surface area contributed by atoms with E-state index in [4.69, 9.17) is 19.4 Å². The van der Waals surface area contributed by atoms with Gasteiger partial charge in [-0.2, -0.15) is 0 Å². The Balaban J connectivity index is 1.02. The number of ether oxygens (including phenoxy) is 2. The van der Waals surface area contributed by atoms with E-state index in [1.165, 1.54) is 25.7 Å². The highest BCUT2D eigenvalue weighted by Gasteiger charge is 2.49. The van der Waals surface area contributed by atoms with Crippen LogP contribution in [0.2, 0.25) is 0 Å². The number of fused-ring (bicyclic) bond motifs is 1. The number of hydrogen-bond donors (Lipinski definition) is 1. The van der Waals surface area contributed by atoms with Crippen molar-refractivity contribution in [1.82, 2.24) is 19.9 Å². The van der Waals surface area contributed by atoms with Crippen LogP contribution in [0.15, 0.2) is 30.7 Å². The van der Waals surface area contributed by atoms with Crippen molar-refractivity contribution in [2.24, 2.45) is 17.8 Å². The van der Waals surface area contributed by atoms with Crippen LogP contribution in [0.3, 0.4) is 0 Å². The zero-order valence-corrected chi connectivity index (χ0v) is 26.2. The molecule has 2 saturated carbocycles. The molecule has 0 spiro atoms. The molecular weight excluding hydrogens is 558 g/mol. The average Bonchev–Trinajstić information content (AvgIpc) is 3.55. The number of carbonyl (C=O) groups excluding carboxylic acids is 2. The van der Waals surface area contributed by atoms with Gasteiger partial charge in [-0.3, -0.25) is 14.8 Å². The average molecular weight is 604 g/mol. The zero-order valence-electron chi connectivity index (χ0n) is 26.2. The Morgan fingerprint density at radius 2 is 1.84 bits per heavy atom. The van der Waals surface area contributed by atoms with Gasteiger partial charge in [-0.1, -0.05) is 6.42 Å². The van der Waals surface area contributed by atoms with Crippen LogP contribution >= 0.6 is 0 Å². The molecule has 2 unspecified atom stereocenters. The lowest BCUT2D eigenvalue weighted by molar-refractivity contribution is -0.140. The fraction of sp³-hybridized carbons (Fsp3) is 0.667. The van der Waals surface area contributed by atoms with Gasteiger partial charge in [0.1, 0.15) is 16.8 Å². The van der Waals surface area contributed by atoms with Crippen LogP contribution in [0.5, 0.6) is 0 Å². The lowest BCUT2D eigenvalue weighted by atomic mass is 9.81. The first-order valence-electron chi connectivity index (χ1n) is 16.3. The Morgan fingerprint density at radius 3 is 2.48 bits per heavy atom. The molecule has 11 heteroatoms. The standard InChI is InChI=1S/C33H45N7O4/c1-32(2,3)44-31(42)40(16-22-6-4-7-22)26-8-5-11-38(19-26)25-9-10-27(35-13-25)33(20-43-21-33)30(41)37-28-14-34-15-29(36-28)39-17-23-12-24(23)18-39/h9-10,13-15,22-24,26H,4-8,11-12,16-21H2,1-3H3,(H,36,37,41)/t23?,24?,26-/m1/s1. The molecule has 5 aliphatic rings. The molecular formula is C33H45N7O4. The normalized spacial score (nSPS) is 25.8. The minimum absolute atomic E-state index is 0.0826. The Labute approximate surface area is 259 Å². The van der Waals surface area contributed by atoms with Gasteiger partial charge in [0.05, 0.1) is 49.2 Å². The van der Waals surface area contributed by atoms with Crippen molar-refractivity contribution in [2.45, 2.75) is 76.4 Å². The summed E-state index contributed by atoms with van der Waals surface area (Å²) in [6.07, 6.45) is 11.9. The molecule has 0 aromatic carbocycles. The summed E-state index contributed by atoms with van der Waals surface area (Å²) in [6, 6.07) is 4.07. The first kappa shape index (κ1) is 29.3. The SMILES string of the molecule is CC(C)(C)OC(=O)N(CC1CCC1)[C@@H]1CCCN(c2ccc(C3(C(=O)Nc4cncc(N5CC6CC6C5)n4)COC3)nc2)C1. The summed E-state index contributed by atoms with van der Waals surface area (Å²) >= 11 is 0. The second-order valence-electron chi connectivity index (χ2n) is 14.5. The molecule has 2 aromatic rings. The Bertz CT molecular complexity index is 1360. The largest absolute Gasteiger partial charge is 0.444 e. The van der Waals surface area contributed by atoms with E-state index >= 15 is 0 Å². The molecule has 44 heavy (non-hydrogen) atoms. The molecule has 2 aromatic heterocycles.